The van der Waals surface area contributed by atoms with Crippen molar-refractivity contribution >= 4 is 22.6 Å². The van der Waals surface area contributed by atoms with Crippen molar-refractivity contribution < 1.29 is 9.47 Å². The molecule has 0 heterocycles. The predicted octanol–water partition coefficient (Wildman–Crippen LogP) is 1.81. The molecule has 3 nitrogen and oxygen atoms in total. The van der Waals surface area contributed by atoms with E-state index in [9.17, 15) is 0 Å². The second-order valence-electron chi connectivity index (χ2n) is 2.84. The minimum Gasteiger partial charge on any atom is -0.496 e. The van der Waals surface area contributed by atoms with Crippen LogP contribution in [0.15, 0.2) is 12.1 Å². The summed E-state index contributed by atoms with van der Waals surface area (Å²) in [5.41, 5.74) is 6.61. The first-order chi connectivity index (χ1) is 6.72. The molecule has 0 aliphatic heterocycles. The van der Waals surface area contributed by atoms with E-state index in [-0.39, 0.29) is 0 Å². The van der Waals surface area contributed by atoms with E-state index in [2.05, 4.69) is 22.6 Å². The Hall–Kier alpha value is -0.490. The van der Waals surface area contributed by atoms with Gasteiger partial charge in [-0.1, -0.05) is 0 Å². The summed E-state index contributed by atoms with van der Waals surface area (Å²) in [6.45, 7) is 0.611. The minimum atomic E-state index is 0.611. The maximum absolute atomic E-state index is 5.52. The molecule has 2 N–H and O–H groups in total. The summed E-state index contributed by atoms with van der Waals surface area (Å²) in [5.74, 6) is 1.75. The number of rotatable bonds is 4. The molecule has 0 atom stereocenters. The van der Waals surface area contributed by atoms with E-state index in [1.807, 2.05) is 12.1 Å². The van der Waals surface area contributed by atoms with Gasteiger partial charge in [0.2, 0.25) is 0 Å². The van der Waals surface area contributed by atoms with Crippen LogP contribution in [-0.2, 0) is 6.42 Å². The number of ether oxygens (including phenoxy) is 2. The fourth-order valence-corrected chi connectivity index (χ4v) is 1.93. The van der Waals surface area contributed by atoms with E-state index in [1.54, 1.807) is 14.2 Å². The van der Waals surface area contributed by atoms with Gasteiger partial charge in [-0.3, -0.25) is 0 Å². The Labute approximate surface area is 97.7 Å². The Bertz CT molecular complexity index is 315. The van der Waals surface area contributed by atoms with Gasteiger partial charge in [0.05, 0.1) is 17.8 Å². The first-order valence-electron chi connectivity index (χ1n) is 4.33. The van der Waals surface area contributed by atoms with E-state index in [1.165, 1.54) is 0 Å². The van der Waals surface area contributed by atoms with E-state index >= 15 is 0 Å². The highest BCUT2D eigenvalue weighted by molar-refractivity contribution is 14.1. The highest BCUT2D eigenvalue weighted by Gasteiger charge is 2.08. The summed E-state index contributed by atoms with van der Waals surface area (Å²) in [7, 11) is 3.33. The van der Waals surface area contributed by atoms with Gasteiger partial charge in [0.15, 0.2) is 0 Å². The standard InChI is InChI=1S/C10H14INO2/c1-13-9-6-8(11)10(14-2)5-7(9)3-4-12/h5-6H,3-4,12H2,1-2H3/i1-1. The Morgan fingerprint density at radius 1 is 1.21 bits per heavy atom. The zero-order chi connectivity index (χ0) is 10.6. The molecule has 0 fully saturated rings. The van der Waals surface area contributed by atoms with Crippen molar-refractivity contribution in [1.82, 2.24) is 0 Å². The summed E-state index contributed by atoms with van der Waals surface area (Å²) >= 11 is 2.22. The Morgan fingerprint density at radius 3 is 2.36 bits per heavy atom. The molecule has 1 aromatic carbocycles. The zero-order valence-electron chi connectivity index (χ0n) is 8.34. The number of halogens is 1. The first-order valence-corrected chi connectivity index (χ1v) is 5.41. The van der Waals surface area contributed by atoms with Crippen molar-refractivity contribution in [3.8, 4) is 11.5 Å². The molecule has 0 amide bonds. The van der Waals surface area contributed by atoms with Crippen molar-refractivity contribution in [2.45, 2.75) is 6.42 Å². The molecule has 78 valence electrons. The summed E-state index contributed by atoms with van der Waals surface area (Å²) in [6, 6.07) is 3.94. The van der Waals surface area contributed by atoms with Crippen LogP contribution in [0.5, 0.6) is 11.5 Å². The van der Waals surface area contributed by atoms with Crippen LogP contribution in [0.4, 0.5) is 0 Å². The maximum Gasteiger partial charge on any atom is 0.132 e. The molecule has 0 saturated carbocycles. The normalized spacial score (nSPS) is 10.0. The summed E-state index contributed by atoms with van der Waals surface area (Å²) in [4.78, 5) is 0. The highest BCUT2D eigenvalue weighted by Crippen LogP contribution is 2.29. The number of benzene rings is 1. The van der Waals surface area contributed by atoms with Crippen molar-refractivity contribution in [3.63, 3.8) is 0 Å². The van der Waals surface area contributed by atoms with Crippen LogP contribution >= 0.6 is 22.6 Å². The van der Waals surface area contributed by atoms with Crippen LogP contribution in [0.1, 0.15) is 5.56 Å². The second-order valence-corrected chi connectivity index (χ2v) is 4.00. The smallest absolute Gasteiger partial charge is 0.132 e. The average Bonchev–Trinajstić information content (AvgIpc) is 2.20. The lowest BCUT2D eigenvalue weighted by atomic mass is 10.1. The number of nitrogens with two attached hydrogens (primary N) is 1. The molecule has 14 heavy (non-hydrogen) atoms. The molecule has 0 radical (unpaired) electrons. The summed E-state index contributed by atoms with van der Waals surface area (Å²) in [6.07, 6.45) is 0.802. The molecule has 0 aliphatic carbocycles. The summed E-state index contributed by atoms with van der Waals surface area (Å²) < 4.78 is 11.5. The number of methoxy groups -OCH3 is 2. The van der Waals surface area contributed by atoms with Gasteiger partial charge >= 0.3 is 0 Å². The van der Waals surface area contributed by atoms with Gasteiger partial charge in [-0.15, -0.1) is 0 Å². The number of hydrogen-bond acceptors (Lipinski definition) is 3. The van der Waals surface area contributed by atoms with E-state index in [0.29, 0.717) is 6.54 Å². The van der Waals surface area contributed by atoms with Crippen LogP contribution in [0.3, 0.4) is 0 Å². The van der Waals surface area contributed by atoms with Crippen molar-refractivity contribution in [2.24, 2.45) is 5.73 Å². The predicted molar refractivity (Wildman–Crippen MR) is 65.0 cm³/mol. The average molecular weight is 306 g/mol. The molecule has 0 aromatic heterocycles. The molecule has 0 unspecified atom stereocenters. The van der Waals surface area contributed by atoms with Gasteiger partial charge in [0, 0.05) is 0 Å². The molecular weight excluding hydrogens is 292 g/mol. The fraction of sp³-hybridized carbons (Fsp3) is 0.400. The minimum absolute atomic E-state index is 0.611. The van der Waals surface area contributed by atoms with Gasteiger partial charge in [-0.2, -0.15) is 0 Å². The quantitative estimate of drug-likeness (QED) is 0.863. The zero-order valence-corrected chi connectivity index (χ0v) is 10.5. The lowest BCUT2D eigenvalue weighted by Crippen LogP contribution is -2.05. The molecule has 1 rings (SSSR count). The van der Waals surface area contributed by atoms with Crippen LogP contribution in [0.25, 0.3) is 0 Å². The third kappa shape index (κ3) is 2.51. The molecule has 1 aromatic rings. The van der Waals surface area contributed by atoms with E-state index in [0.717, 1.165) is 27.1 Å². The summed E-state index contributed by atoms with van der Waals surface area (Å²) in [5, 5.41) is 0. The van der Waals surface area contributed by atoms with Gasteiger partial charge in [0.1, 0.15) is 11.5 Å². The van der Waals surface area contributed by atoms with Crippen LogP contribution in [-0.4, -0.2) is 20.8 Å². The largest absolute Gasteiger partial charge is 0.496 e. The first kappa shape index (κ1) is 11.6. The lowest BCUT2D eigenvalue weighted by molar-refractivity contribution is 0.396. The topological polar surface area (TPSA) is 44.5 Å². The van der Waals surface area contributed by atoms with Crippen molar-refractivity contribution in [1.29, 1.82) is 0 Å². The van der Waals surface area contributed by atoms with E-state index < -0.39 is 0 Å². The molecule has 0 aliphatic rings. The second kappa shape index (κ2) is 5.41. The van der Waals surface area contributed by atoms with Crippen LogP contribution in [0.2, 0.25) is 0 Å². The molecule has 0 spiro atoms. The Morgan fingerprint density at radius 2 is 1.86 bits per heavy atom. The highest BCUT2D eigenvalue weighted by atomic mass is 127. The molecule has 0 saturated heterocycles. The fourth-order valence-electron chi connectivity index (χ4n) is 1.27. The molecular formula is C10H14INO2. The lowest BCUT2D eigenvalue weighted by Gasteiger charge is -2.11. The third-order valence-electron chi connectivity index (χ3n) is 1.97. The van der Waals surface area contributed by atoms with Crippen molar-refractivity contribution in [3.05, 3.63) is 21.3 Å². The number of hydrogen-bond donors (Lipinski definition) is 1. The molecule has 4 heteroatoms. The van der Waals surface area contributed by atoms with Gasteiger partial charge in [-0.25, -0.2) is 0 Å². The SMILES string of the molecule is COc1cc(CCN)c(O[11CH3])cc1I. The Balaban J connectivity index is 3.11. The van der Waals surface area contributed by atoms with Gasteiger partial charge in [-0.05, 0) is 53.3 Å². The van der Waals surface area contributed by atoms with Gasteiger partial charge in [0.25, 0.3) is 0 Å². The van der Waals surface area contributed by atoms with Crippen LogP contribution in [0, 0.1) is 3.57 Å². The Kier molecular flexibility index (Phi) is 4.47. The third-order valence-corrected chi connectivity index (χ3v) is 2.81. The molecule has 0 bridgehead atoms. The van der Waals surface area contributed by atoms with Crippen molar-refractivity contribution in [2.75, 3.05) is 20.8 Å². The maximum atomic E-state index is 5.52. The monoisotopic (exact) mass is 306 g/mol. The van der Waals surface area contributed by atoms with E-state index in [4.69, 9.17) is 15.2 Å². The van der Waals surface area contributed by atoms with Crippen LogP contribution < -0.4 is 15.2 Å². The van der Waals surface area contributed by atoms with Gasteiger partial charge < -0.3 is 15.2 Å².